The molecule has 3 rings (SSSR count). The summed E-state index contributed by atoms with van der Waals surface area (Å²) in [6, 6.07) is 8.13. The van der Waals surface area contributed by atoms with Crippen LogP contribution in [-0.4, -0.2) is 31.1 Å². The van der Waals surface area contributed by atoms with E-state index in [2.05, 4.69) is 10.3 Å². The van der Waals surface area contributed by atoms with Gasteiger partial charge >= 0.3 is 0 Å². The minimum Gasteiger partial charge on any atom is -0.474 e. The zero-order valence-corrected chi connectivity index (χ0v) is 9.57. The number of nitrogens with one attached hydrogen (secondary N) is 1. The predicted molar refractivity (Wildman–Crippen MR) is 64.1 cm³/mol. The molecule has 1 aromatic carbocycles. The molecule has 0 saturated carbocycles. The summed E-state index contributed by atoms with van der Waals surface area (Å²) in [4.78, 5) is 4.56. The van der Waals surface area contributed by atoms with Gasteiger partial charge in [-0.2, -0.15) is 0 Å². The molecule has 0 aromatic heterocycles. The van der Waals surface area contributed by atoms with Crippen LogP contribution in [-0.2, 0) is 11.2 Å². The molecule has 2 atom stereocenters. The highest BCUT2D eigenvalue weighted by Gasteiger charge is 2.34. The third-order valence-corrected chi connectivity index (χ3v) is 3.39. The summed E-state index contributed by atoms with van der Waals surface area (Å²) in [7, 11) is 0. The first-order valence-electron chi connectivity index (χ1n) is 5.50. The Morgan fingerprint density at radius 1 is 1.38 bits per heavy atom. The summed E-state index contributed by atoms with van der Waals surface area (Å²) in [5, 5.41) is 4.04. The van der Waals surface area contributed by atoms with Crippen LogP contribution in [0.5, 0.6) is 0 Å². The average molecular weight is 237 g/mol. The summed E-state index contributed by atoms with van der Waals surface area (Å²) >= 11 is 6.10. The summed E-state index contributed by atoms with van der Waals surface area (Å²) in [6.45, 7) is 1.83. The number of ether oxygens (including phenoxy) is 1. The first-order valence-corrected chi connectivity index (χ1v) is 5.88. The molecule has 0 bridgehead atoms. The molecular weight excluding hydrogens is 224 g/mol. The van der Waals surface area contributed by atoms with Gasteiger partial charge in [0.25, 0.3) is 0 Å². The molecule has 4 heteroatoms. The summed E-state index contributed by atoms with van der Waals surface area (Å²) in [6.07, 6.45) is 0.935. The van der Waals surface area contributed by atoms with E-state index in [4.69, 9.17) is 16.3 Å². The SMILES string of the molecule is Clc1ccccc1CC1=NC2CNCC2O1. The van der Waals surface area contributed by atoms with Crippen molar-refractivity contribution in [2.75, 3.05) is 13.1 Å². The topological polar surface area (TPSA) is 33.6 Å². The standard InChI is InChI=1S/C12H13ClN2O/c13-9-4-2-1-3-8(9)5-12-15-10-6-14-7-11(10)16-12/h1-4,10-11,14H,5-7H2. The molecule has 2 heterocycles. The maximum Gasteiger partial charge on any atom is 0.188 e. The van der Waals surface area contributed by atoms with Crippen molar-refractivity contribution in [3.63, 3.8) is 0 Å². The van der Waals surface area contributed by atoms with Gasteiger partial charge in [0.05, 0.1) is 6.42 Å². The Kier molecular flexibility index (Phi) is 2.58. The summed E-state index contributed by atoms with van der Waals surface area (Å²) < 4.78 is 5.77. The molecule has 1 saturated heterocycles. The fourth-order valence-corrected chi connectivity index (χ4v) is 2.37. The second-order valence-electron chi connectivity index (χ2n) is 4.17. The van der Waals surface area contributed by atoms with E-state index in [1.807, 2.05) is 24.3 Å². The lowest BCUT2D eigenvalue weighted by atomic mass is 10.1. The van der Waals surface area contributed by atoms with Crippen molar-refractivity contribution in [2.45, 2.75) is 18.6 Å². The van der Waals surface area contributed by atoms with Gasteiger partial charge in [-0.05, 0) is 11.6 Å². The Bertz CT molecular complexity index is 433. The van der Waals surface area contributed by atoms with E-state index in [-0.39, 0.29) is 6.10 Å². The molecule has 0 aliphatic carbocycles. The number of rotatable bonds is 2. The van der Waals surface area contributed by atoms with Crippen LogP contribution in [0.25, 0.3) is 0 Å². The third kappa shape index (κ3) is 1.81. The number of fused-ring (bicyclic) bond motifs is 1. The molecule has 0 spiro atoms. The number of aliphatic imine (C=N–C) groups is 1. The zero-order chi connectivity index (χ0) is 11.0. The lowest BCUT2D eigenvalue weighted by molar-refractivity contribution is 0.220. The summed E-state index contributed by atoms with van der Waals surface area (Å²) in [5.74, 6) is 0.824. The van der Waals surface area contributed by atoms with Gasteiger partial charge in [0.1, 0.15) is 12.1 Å². The van der Waals surface area contributed by atoms with Crippen LogP contribution in [0, 0.1) is 0 Å². The minimum absolute atomic E-state index is 0.234. The predicted octanol–water partition coefficient (Wildman–Crippen LogP) is 1.65. The molecule has 16 heavy (non-hydrogen) atoms. The lowest BCUT2D eigenvalue weighted by Gasteiger charge is -2.08. The maximum absolute atomic E-state index is 6.10. The van der Waals surface area contributed by atoms with Crippen molar-refractivity contribution in [3.8, 4) is 0 Å². The number of hydrogen-bond acceptors (Lipinski definition) is 3. The fraction of sp³-hybridized carbons (Fsp3) is 0.417. The van der Waals surface area contributed by atoms with E-state index >= 15 is 0 Å². The number of nitrogens with zero attached hydrogens (tertiary/aromatic N) is 1. The Balaban J connectivity index is 1.75. The normalized spacial score (nSPS) is 27.4. The van der Waals surface area contributed by atoms with Gasteiger partial charge < -0.3 is 10.1 Å². The van der Waals surface area contributed by atoms with Gasteiger partial charge in [-0.1, -0.05) is 29.8 Å². The van der Waals surface area contributed by atoms with Crippen LogP contribution in [0.3, 0.4) is 0 Å². The Morgan fingerprint density at radius 2 is 2.25 bits per heavy atom. The summed E-state index contributed by atoms with van der Waals surface area (Å²) in [5.41, 5.74) is 1.08. The van der Waals surface area contributed by atoms with Crippen molar-refractivity contribution < 1.29 is 4.74 Å². The molecule has 0 amide bonds. The molecule has 3 nitrogen and oxygen atoms in total. The number of benzene rings is 1. The smallest absolute Gasteiger partial charge is 0.188 e. The van der Waals surface area contributed by atoms with Crippen molar-refractivity contribution in [1.29, 1.82) is 0 Å². The molecular formula is C12H13ClN2O. The minimum atomic E-state index is 0.234. The molecule has 84 valence electrons. The highest BCUT2D eigenvalue weighted by molar-refractivity contribution is 6.31. The molecule has 1 aromatic rings. The van der Waals surface area contributed by atoms with Crippen molar-refractivity contribution in [1.82, 2.24) is 5.32 Å². The Labute approximate surface area is 99.5 Å². The highest BCUT2D eigenvalue weighted by atomic mass is 35.5. The average Bonchev–Trinajstić information content (AvgIpc) is 2.81. The van der Waals surface area contributed by atoms with Gasteiger partial charge in [-0.25, -0.2) is 4.99 Å². The number of hydrogen-bond donors (Lipinski definition) is 1. The fourth-order valence-electron chi connectivity index (χ4n) is 2.17. The Morgan fingerprint density at radius 3 is 3.06 bits per heavy atom. The quantitative estimate of drug-likeness (QED) is 0.847. The van der Waals surface area contributed by atoms with Gasteiger partial charge in [0.2, 0.25) is 0 Å². The lowest BCUT2D eigenvalue weighted by Crippen LogP contribution is -2.20. The van der Waals surface area contributed by atoms with Crippen LogP contribution < -0.4 is 5.32 Å². The molecule has 1 N–H and O–H groups in total. The maximum atomic E-state index is 6.10. The van der Waals surface area contributed by atoms with Crippen LogP contribution in [0.1, 0.15) is 5.56 Å². The monoisotopic (exact) mass is 236 g/mol. The van der Waals surface area contributed by atoms with Crippen molar-refractivity contribution >= 4 is 17.5 Å². The van der Waals surface area contributed by atoms with E-state index in [1.165, 1.54) is 0 Å². The van der Waals surface area contributed by atoms with Crippen LogP contribution in [0.4, 0.5) is 0 Å². The van der Waals surface area contributed by atoms with E-state index in [9.17, 15) is 0 Å². The van der Waals surface area contributed by atoms with E-state index in [0.717, 1.165) is 29.6 Å². The first kappa shape index (κ1) is 10.1. The van der Waals surface area contributed by atoms with Crippen LogP contribution >= 0.6 is 11.6 Å². The van der Waals surface area contributed by atoms with Gasteiger partial charge in [-0.3, -0.25) is 0 Å². The third-order valence-electron chi connectivity index (χ3n) is 3.02. The van der Waals surface area contributed by atoms with E-state index < -0.39 is 0 Å². The van der Waals surface area contributed by atoms with E-state index in [1.54, 1.807) is 0 Å². The van der Waals surface area contributed by atoms with E-state index in [0.29, 0.717) is 12.5 Å². The Hall–Kier alpha value is -1.06. The zero-order valence-electron chi connectivity index (χ0n) is 8.82. The van der Waals surface area contributed by atoms with Crippen LogP contribution in [0.2, 0.25) is 5.02 Å². The van der Waals surface area contributed by atoms with Crippen LogP contribution in [0.15, 0.2) is 29.3 Å². The largest absolute Gasteiger partial charge is 0.474 e. The molecule has 0 radical (unpaired) electrons. The number of halogens is 1. The molecule has 2 unspecified atom stereocenters. The first-order chi connectivity index (χ1) is 7.83. The van der Waals surface area contributed by atoms with Crippen molar-refractivity contribution in [2.24, 2.45) is 4.99 Å². The second kappa shape index (κ2) is 4.07. The van der Waals surface area contributed by atoms with Gasteiger partial charge in [0.15, 0.2) is 5.90 Å². The molecule has 2 aliphatic rings. The van der Waals surface area contributed by atoms with Gasteiger partial charge in [0, 0.05) is 18.1 Å². The molecule has 2 aliphatic heterocycles. The molecule has 1 fully saturated rings. The van der Waals surface area contributed by atoms with Crippen molar-refractivity contribution in [3.05, 3.63) is 34.9 Å². The highest BCUT2D eigenvalue weighted by Crippen LogP contribution is 2.22. The van der Waals surface area contributed by atoms with Gasteiger partial charge in [-0.15, -0.1) is 0 Å². The second-order valence-corrected chi connectivity index (χ2v) is 4.58.